The van der Waals surface area contributed by atoms with E-state index in [2.05, 4.69) is 4.98 Å². The number of nitrogens with zero attached hydrogens (tertiary/aromatic N) is 2. The van der Waals surface area contributed by atoms with Gasteiger partial charge in [0.1, 0.15) is 17.5 Å². The molecule has 2 N–H and O–H groups in total. The average Bonchev–Trinajstić information content (AvgIpc) is 3.02. The van der Waals surface area contributed by atoms with Gasteiger partial charge in [-0.2, -0.15) is 4.98 Å². The third kappa shape index (κ3) is 7.19. The van der Waals surface area contributed by atoms with Gasteiger partial charge in [-0.3, -0.25) is 9.13 Å². The van der Waals surface area contributed by atoms with E-state index >= 15 is 0 Å². The van der Waals surface area contributed by atoms with Crippen LogP contribution in [-0.2, 0) is 28.7 Å². The van der Waals surface area contributed by atoms with Crippen molar-refractivity contribution in [1.29, 1.82) is 0 Å². The van der Waals surface area contributed by atoms with E-state index in [-0.39, 0.29) is 24.6 Å². The number of nitrogens with two attached hydrogens (primary N) is 1. The monoisotopic (exact) mass is 629 g/mol. The van der Waals surface area contributed by atoms with E-state index in [1.54, 1.807) is 52.1 Å². The third-order valence-corrected chi connectivity index (χ3v) is 9.72. The van der Waals surface area contributed by atoms with Crippen LogP contribution in [0.25, 0.3) is 0 Å². The van der Waals surface area contributed by atoms with Crippen LogP contribution in [0.2, 0.25) is 0 Å². The molecule has 1 aromatic heterocycles. The Morgan fingerprint density at radius 1 is 0.822 bits per heavy atom. The van der Waals surface area contributed by atoms with Crippen molar-refractivity contribution in [2.75, 3.05) is 12.3 Å². The molecule has 0 amide bonds. The van der Waals surface area contributed by atoms with Crippen LogP contribution in [0.1, 0.15) is 50.4 Å². The van der Waals surface area contributed by atoms with Gasteiger partial charge in [-0.05, 0) is 56.5 Å². The van der Waals surface area contributed by atoms with Crippen LogP contribution in [0.15, 0.2) is 120 Å². The van der Waals surface area contributed by atoms with E-state index in [0.29, 0.717) is 0 Å². The molecule has 5 rings (SSSR count). The molecule has 1 aliphatic rings. The summed E-state index contributed by atoms with van der Waals surface area (Å²) in [5, 5.41) is 0. The second-order valence-electron chi connectivity index (χ2n) is 11.4. The molecule has 1 aliphatic heterocycles. The number of benzene rings is 3. The van der Waals surface area contributed by atoms with Gasteiger partial charge in [-0.25, -0.2) is 4.79 Å². The standard InChI is InChI=1S/C35H40N3O6P/c1-25(2)43-45(40,44-26(3)4)33-21-20-30(38-23-22-32(36)37-34(38)39)31(42-33)24-41-35(27-14-8-5-9-15-27,28-16-10-6-11-17-28)29-18-12-7-13-19-29/h5-23,25-26,30-31,33H,24H2,1-4H3,(H2,36,37,39)/t30-,31-,33+/m1/s1. The minimum atomic E-state index is -3.81. The molecule has 45 heavy (non-hydrogen) atoms. The van der Waals surface area contributed by atoms with Crippen LogP contribution in [0.3, 0.4) is 0 Å². The molecule has 9 nitrogen and oxygen atoms in total. The van der Waals surface area contributed by atoms with Crippen molar-refractivity contribution < 1.29 is 23.1 Å². The summed E-state index contributed by atoms with van der Waals surface area (Å²) < 4.78 is 41.0. The molecule has 4 aromatic rings. The number of rotatable bonds is 12. The number of ether oxygens (including phenoxy) is 2. The summed E-state index contributed by atoms with van der Waals surface area (Å²) in [4.78, 5) is 17.0. The Morgan fingerprint density at radius 2 is 1.31 bits per heavy atom. The van der Waals surface area contributed by atoms with Crippen molar-refractivity contribution in [1.82, 2.24) is 9.55 Å². The Bertz CT molecular complexity index is 1570. The second kappa shape index (κ2) is 14.1. The highest BCUT2D eigenvalue weighted by molar-refractivity contribution is 7.54. The summed E-state index contributed by atoms with van der Waals surface area (Å²) in [6.45, 7) is 7.16. The fourth-order valence-electron chi connectivity index (χ4n) is 5.59. The molecule has 10 heteroatoms. The molecule has 0 bridgehead atoms. The van der Waals surface area contributed by atoms with Crippen LogP contribution >= 0.6 is 7.60 Å². The fourth-order valence-corrected chi connectivity index (χ4v) is 7.67. The molecule has 2 heterocycles. The SMILES string of the molecule is CC(C)OP(=O)(OC(C)C)[C@H]1C=C[C@@H](n2ccc(N)nc2=O)[C@@H](COC(c2ccccc2)(c2ccccc2)c2ccccc2)O1. The van der Waals surface area contributed by atoms with Crippen LogP contribution in [-0.4, -0.2) is 40.3 Å². The average molecular weight is 630 g/mol. The largest absolute Gasteiger partial charge is 0.383 e. The molecular formula is C35H40N3O6P. The number of hydrogen-bond acceptors (Lipinski definition) is 8. The molecule has 0 unspecified atom stereocenters. The molecule has 0 fully saturated rings. The first-order chi connectivity index (χ1) is 21.6. The molecule has 0 aliphatic carbocycles. The Hall–Kier alpha value is -3.85. The molecule has 0 radical (unpaired) electrons. The molecule has 3 aromatic carbocycles. The van der Waals surface area contributed by atoms with E-state index < -0.39 is 36.9 Å². The summed E-state index contributed by atoms with van der Waals surface area (Å²) in [6, 6.07) is 30.8. The predicted molar refractivity (Wildman–Crippen MR) is 175 cm³/mol. The highest BCUT2D eigenvalue weighted by Gasteiger charge is 2.45. The summed E-state index contributed by atoms with van der Waals surface area (Å²) in [7, 11) is -3.81. The lowest BCUT2D eigenvalue weighted by atomic mass is 9.80. The van der Waals surface area contributed by atoms with E-state index in [1.165, 1.54) is 4.57 Å². The zero-order valence-electron chi connectivity index (χ0n) is 25.9. The highest BCUT2D eigenvalue weighted by atomic mass is 31.2. The van der Waals surface area contributed by atoms with Crippen molar-refractivity contribution >= 4 is 13.4 Å². The summed E-state index contributed by atoms with van der Waals surface area (Å²) >= 11 is 0. The van der Waals surface area contributed by atoms with Gasteiger partial charge in [0.25, 0.3) is 0 Å². The van der Waals surface area contributed by atoms with Gasteiger partial charge in [0, 0.05) is 6.20 Å². The molecule has 0 saturated heterocycles. The number of hydrogen-bond donors (Lipinski definition) is 1. The molecule has 0 spiro atoms. The first-order valence-electron chi connectivity index (χ1n) is 15.1. The summed E-state index contributed by atoms with van der Waals surface area (Å²) in [6.07, 6.45) is 3.41. The van der Waals surface area contributed by atoms with Crippen LogP contribution in [0, 0.1) is 0 Å². The zero-order valence-corrected chi connectivity index (χ0v) is 26.8. The Labute approximate surface area is 264 Å². The zero-order chi connectivity index (χ0) is 32.0. The first kappa shape index (κ1) is 32.5. The summed E-state index contributed by atoms with van der Waals surface area (Å²) in [5.41, 5.74) is 6.93. The lowest BCUT2D eigenvalue weighted by Gasteiger charge is -2.40. The maximum atomic E-state index is 14.2. The Morgan fingerprint density at radius 3 is 1.76 bits per heavy atom. The van der Waals surface area contributed by atoms with Gasteiger partial charge < -0.3 is 24.3 Å². The van der Waals surface area contributed by atoms with E-state index in [0.717, 1.165) is 16.7 Å². The van der Waals surface area contributed by atoms with Gasteiger partial charge >= 0.3 is 13.3 Å². The minimum absolute atomic E-state index is 0.00956. The van der Waals surface area contributed by atoms with Gasteiger partial charge in [0.15, 0.2) is 5.85 Å². The van der Waals surface area contributed by atoms with Crippen LogP contribution in [0.5, 0.6) is 0 Å². The lowest BCUT2D eigenvalue weighted by molar-refractivity contribution is -0.0881. The topological polar surface area (TPSA) is 115 Å². The van der Waals surface area contributed by atoms with Crippen molar-refractivity contribution in [3.05, 3.63) is 143 Å². The first-order valence-corrected chi connectivity index (χ1v) is 16.7. The van der Waals surface area contributed by atoms with E-state index in [9.17, 15) is 9.36 Å². The van der Waals surface area contributed by atoms with Crippen molar-refractivity contribution in [2.45, 2.75) is 63.5 Å². The van der Waals surface area contributed by atoms with Crippen molar-refractivity contribution in [3.63, 3.8) is 0 Å². The molecule has 236 valence electrons. The number of anilines is 1. The van der Waals surface area contributed by atoms with Gasteiger partial charge in [-0.15, -0.1) is 0 Å². The smallest absolute Gasteiger partial charge is 0.363 e. The van der Waals surface area contributed by atoms with Gasteiger partial charge in [0.05, 0.1) is 24.9 Å². The summed E-state index contributed by atoms with van der Waals surface area (Å²) in [5.74, 6) is -0.928. The van der Waals surface area contributed by atoms with E-state index in [4.69, 9.17) is 24.3 Å². The van der Waals surface area contributed by atoms with Crippen LogP contribution < -0.4 is 11.4 Å². The second-order valence-corrected chi connectivity index (χ2v) is 13.4. The quantitative estimate of drug-likeness (QED) is 0.105. The molecule has 0 saturated carbocycles. The fraction of sp³-hybridized carbons (Fsp3) is 0.314. The lowest BCUT2D eigenvalue weighted by Crippen LogP contribution is -2.44. The maximum absolute atomic E-state index is 14.2. The minimum Gasteiger partial charge on any atom is -0.383 e. The Balaban J connectivity index is 1.62. The predicted octanol–water partition coefficient (Wildman–Crippen LogP) is 6.70. The highest BCUT2D eigenvalue weighted by Crippen LogP contribution is 2.57. The maximum Gasteiger partial charge on any atom is 0.363 e. The van der Waals surface area contributed by atoms with Crippen molar-refractivity contribution in [3.8, 4) is 0 Å². The van der Waals surface area contributed by atoms with E-state index in [1.807, 2.05) is 91.0 Å². The molecule has 3 atom stereocenters. The van der Waals surface area contributed by atoms with Gasteiger partial charge in [-0.1, -0.05) is 97.1 Å². The normalized spacial score (nSPS) is 18.8. The van der Waals surface area contributed by atoms with Crippen LogP contribution in [0.4, 0.5) is 5.82 Å². The van der Waals surface area contributed by atoms with Gasteiger partial charge in [0.2, 0.25) is 0 Å². The number of nitrogen functional groups attached to an aromatic ring is 1. The van der Waals surface area contributed by atoms with Crippen molar-refractivity contribution in [2.24, 2.45) is 0 Å². The molecular weight excluding hydrogens is 589 g/mol. The third-order valence-electron chi connectivity index (χ3n) is 7.37. The number of aromatic nitrogens is 2. The Kier molecular flexibility index (Phi) is 10.2.